The van der Waals surface area contributed by atoms with Gasteiger partial charge >= 0.3 is 0 Å². The zero-order valence-corrected chi connectivity index (χ0v) is 10.2. The Kier molecular flexibility index (Phi) is 2.92. The van der Waals surface area contributed by atoms with Gasteiger partial charge in [0.15, 0.2) is 11.5 Å². The molecule has 0 unspecified atom stereocenters. The Morgan fingerprint density at radius 1 is 1.16 bits per heavy atom. The number of allylic oxidation sites excluding steroid dienone is 1. The van der Waals surface area contributed by atoms with E-state index in [0.29, 0.717) is 17.0 Å². The number of hydrogen-bond donors (Lipinski definition) is 3. The molecule has 0 aromatic carbocycles. The molecule has 2 heterocycles. The lowest BCUT2D eigenvalue weighted by atomic mass is 9.94. The average Bonchev–Trinajstić information content (AvgIpc) is 3.01. The summed E-state index contributed by atoms with van der Waals surface area (Å²) in [5.74, 6) is 0.204. The van der Waals surface area contributed by atoms with Crippen LogP contribution in [0.5, 0.6) is 0 Å². The fourth-order valence-corrected chi connectivity index (χ4v) is 2.62. The van der Waals surface area contributed by atoms with Crippen molar-refractivity contribution in [3.8, 4) is 0 Å². The molecule has 3 rings (SSSR count). The molecule has 0 fully saturated rings. The Morgan fingerprint density at radius 2 is 2.00 bits per heavy atom. The molecule has 7 nitrogen and oxygen atoms in total. The van der Waals surface area contributed by atoms with E-state index in [-0.39, 0.29) is 31.1 Å². The molecule has 0 bridgehead atoms. The zero-order chi connectivity index (χ0) is 13.4. The first-order chi connectivity index (χ1) is 9.26. The van der Waals surface area contributed by atoms with Crippen LogP contribution in [0.3, 0.4) is 0 Å². The summed E-state index contributed by atoms with van der Waals surface area (Å²) < 4.78 is 1.86. The predicted molar refractivity (Wildman–Crippen MR) is 69.1 cm³/mol. The quantitative estimate of drug-likeness (QED) is 0.656. The molecular formula is C12H15N5O2. The van der Waals surface area contributed by atoms with Gasteiger partial charge in [-0.3, -0.25) is 0 Å². The highest BCUT2D eigenvalue weighted by Crippen LogP contribution is 2.35. The summed E-state index contributed by atoms with van der Waals surface area (Å²) in [5.41, 5.74) is 6.95. The number of aliphatic hydroxyl groups excluding tert-OH is 2. The zero-order valence-electron chi connectivity index (χ0n) is 10.2. The monoisotopic (exact) mass is 261 g/mol. The van der Waals surface area contributed by atoms with E-state index in [1.807, 2.05) is 16.7 Å². The van der Waals surface area contributed by atoms with E-state index >= 15 is 0 Å². The highest BCUT2D eigenvalue weighted by Gasteiger charge is 2.32. The number of nitrogen functional groups attached to an aromatic ring is 1. The number of nitrogens with two attached hydrogens (primary N) is 1. The third kappa shape index (κ3) is 1.78. The molecule has 0 radical (unpaired) electrons. The van der Waals surface area contributed by atoms with Gasteiger partial charge in [0.25, 0.3) is 0 Å². The maximum Gasteiger partial charge on any atom is 0.165 e. The molecule has 2 aromatic rings. The molecule has 7 heteroatoms. The summed E-state index contributed by atoms with van der Waals surface area (Å²) in [6, 6.07) is -0.0820. The number of aromatic nitrogens is 4. The van der Waals surface area contributed by atoms with Gasteiger partial charge in [0.1, 0.15) is 11.8 Å². The van der Waals surface area contributed by atoms with Crippen LogP contribution >= 0.6 is 0 Å². The number of imidazole rings is 1. The van der Waals surface area contributed by atoms with Crippen LogP contribution in [-0.4, -0.2) is 42.9 Å². The Labute approximate surface area is 109 Å². The van der Waals surface area contributed by atoms with Crippen LogP contribution in [0.15, 0.2) is 24.8 Å². The Bertz CT molecular complexity index is 624. The largest absolute Gasteiger partial charge is 0.396 e. The van der Waals surface area contributed by atoms with Crippen LogP contribution in [0.1, 0.15) is 6.04 Å². The molecule has 2 aromatic heterocycles. The van der Waals surface area contributed by atoms with Crippen molar-refractivity contribution in [1.29, 1.82) is 0 Å². The molecule has 0 spiro atoms. The van der Waals surface area contributed by atoms with Crippen LogP contribution < -0.4 is 5.73 Å². The standard InChI is InChI=1S/C12H15N5O2/c13-11-10-12(15-5-14-11)17(6-16-10)9-2-1-7(3-18)8(9)4-19/h1-2,5-9,18-19H,3-4H2,(H2,13,14,15)/t7-,8-,9-/m1/s1. The van der Waals surface area contributed by atoms with Gasteiger partial charge in [-0.05, 0) is 0 Å². The number of anilines is 1. The van der Waals surface area contributed by atoms with Crippen molar-refractivity contribution >= 4 is 17.0 Å². The van der Waals surface area contributed by atoms with E-state index in [4.69, 9.17) is 5.73 Å². The predicted octanol–water partition coefficient (Wildman–Crippen LogP) is -0.264. The Hall–Kier alpha value is -1.99. The summed E-state index contributed by atoms with van der Waals surface area (Å²) in [6.07, 6.45) is 6.92. The van der Waals surface area contributed by atoms with Crippen LogP contribution in [0.25, 0.3) is 11.2 Å². The van der Waals surface area contributed by atoms with E-state index in [1.165, 1.54) is 6.33 Å². The van der Waals surface area contributed by atoms with Crippen molar-refractivity contribution in [3.05, 3.63) is 24.8 Å². The number of rotatable bonds is 3. The fraction of sp³-hybridized carbons (Fsp3) is 0.417. The Morgan fingerprint density at radius 3 is 2.74 bits per heavy atom. The molecule has 3 atom stereocenters. The number of hydrogen-bond acceptors (Lipinski definition) is 6. The Balaban J connectivity index is 2.06. The summed E-state index contributed by atoms with van der Waals surface area (Å²) in [5, 5.41) is 18.8. The third-order valence-electron chi connectivity index (χ3n) is 3.67. The van der Waals surface area contributed by atoms with Crippen molar-refractivity contribution in [2.24, 2.45) is 11.8 Å². The lowest BCUT2D eigenvalue weighted by Crippen LogP contribution is -2.24. The van der Waals surface area contributed by atoms with Gasteiger partial charge in [0.2, 0.25) is 0 Å². The van der Waals surface area contributed by atoms with Gasteiger partial charge in [-0.2, -0.15) is 0 Å². The van der Waals surface area contributed by atoms with Crippen LogP contribution in [0.2, 0.25) is 0 Å². The van der Waals surface area contributed by atoms with E-state index in [0.717, 1.165) is 0 Å². The number of nitrogens with zero attached hydrogens (tertiary/aromatic N) is 4. The van der Waals surface area contributed by atoms with Crippen molar-refractivity contribution in [2.45, 2.75) is 6.04 Å². The molecular weight excluding hydrogens is 246 g/mol. The van der Waals surface area contributed by atoms with Gasteiger partial charge in [-0.1, -0.05) is 12.2 Å². The molecule has 0 aliphatic heterocycles. The molecule has 19 heavy (non-hydrogen) atoms. The second kappa shape index (κ2) is 4.60. The van der Waals surface area contributed by atoms with Crippen LogP contribution in [0, 0.1) is 11.8 Å². The summed E-state index contributed by atoms with van der Waals surface area (Å²) >= 11 is 0. The molecule has 1 aliphatic carbocycles. The number of aliphatic hydroxyl groups is 2. The molecule has 0 amide bonds. The summed E-state index contributed by atoms with van der Waals surface area (Å²) in [7, 11) is 0. The van der Waals surface area contributed by atoms with Crippen molar-refractivity contribution in [3.63, 3.8) is 0 Å². The highest BCUT2D eigenvalue weighted by molar-refractivity contribution is 5.81. The first-order valence-corrected chi connectivity index (χ1v) is 6.09. The van der Waals surface area contributed by atoms with E-state index in [2.05, 4.69) is 15.0 Å². The van der Waals surface area contributed by atoms with Gasteiger partial charge in [0, 0.05) is 25.0 Å². The maximum atomic E-state index is 9.52. The first kappa shape index (κ1) is 12.1. The van der Waals surface area contributed by atoms with Crippen LogP contribution in [0.4, 0.5) is 5.82 Å². The molecule has 100 valence electrons. The van der Waals surface area contributed by atoms with Gasteiger partial charge in [-0.25, -0.2) is 15.0 Å². The highest BCUT2D eigenvalue weighted by atomic mass is 16.3. The van der Waals surface area contributed by atoms with Crippen molar-refractivity contribution in [1.82, 2.24) is 19.5 Å². The van der Waals surface area contributed by atoms with Gasteiger partial charge < -0.3 is 20.5 Å². The van der Waals surface area contributed by atoms with E-state index in [1.54, 1.807) is 6.33 Å². The first-order valence-electron chi connectivity index (χ1n) is 6.09. The minimum Gasteiger partial charge on any atom is -0.396 e. The van der Waals surface area contributed by atoms with Crippen molar-refractivity contribution < 1.29 is 10.2 Å². The SMILES string of the molecule is Nc1ncnc2c1ncn2[C@@H]1C=C[C@H](CO)[C@H]1CO. The second-order valence-corrected chi connectivity index (χ2v) is 4.65. The topological polar surface area (TPSA) is 110 Å². The molecule has 4 N–H and O–H groups in total. The summed E-state index contributed by atoms with van der Waals surface area (Å²) in [4.78, 5) is 12.3. The molecule has 0 saturated carbocycles. The van der Waals surface area contributed by atoms with E-state index in [9.17, 15) is 10.2 Å². The third-order valence-corrected chi connectivity index (χ3v) is 3.67. The van der Waals surface area contributed by atoms with E-state index < -0.39 is 0 Å². The number of fused-ring (bicyclic) bond motifs is 1. The van der Waals surface area contributed by atoms with Crippen molar-refractivity contribution in [2.75, 3.05) is 18.9 Å². The molecule has 0 saturated heterocycles. The van der Waals surface area contributed by atoms with Gasteiger partial charge in [-0.15, -0.1) is 0 Å². The fourth-order valence-electron chi connectivity index (χ4n) is 2.62. The lowest BCUT2D eigenvalue weighted by molar-refractivity contribution is 0.132. The second-order valence-electron chi connectivity index (χ2n) is 4.65. The minimum atomic E-state index is -0.0846. The summed E-state index contributed by atoms with van der Waals surface area (Å²) in [6.45, 7) is 0.00507. The molecule has 1 aliphatic rings. The minimum absolute atomic E-state index is 0.0108. The van der Waals surface area contributed by atoms with Crippen LogP contribution in [-0.2, 0) is 0 Å². The lowest BCUT2D eigenvalue weighted by Gasteiger charge is -2.23. The smallest absolute Gasteiger partial charge is 0.165 e. The normalized spacial score (nSPS) is 26.3. The average molecular weight is 261 g/mol. The maximum absolute atomic E-state index is 9.52. The van der Waals surface area contributed by atoms with Gasteiger partial charge in [0.05, 0.1) is 12.4 Å².